The molecule has 25 heavy (non-hydrogen) atoms. The maximum Gasteiger partial charge on any atom is 0.254 e. The molecule has 0 spiro atoms. The molecule has 2 saturated carbocycles. The van der Waals surface area contributed by atoms with Crippen LogP contribution in [0.3, 0.4) is 0 Å². The summed E-state index contributed by atoms with van der Waals surface area (Å²) >= 11 is 0. The van der Waals surface area contributed by atoms with E-state index in [0.717, 1.165) is 30.2 Å². The van der Waals surface area contributed by atoms with Gasteiger partial charge in [0, 0.05) is 31.7 Å². The predicted octanol–water partition coefficient (Wildman–Crippen LogP) is 2.63. The van der Waals surface area contributed by atoms with Crippen LogP contribution >= 0.6 is 0 Å². The van der Waals surface area contributed by atoms with Crippen molar-refractivity contribution in [2.75, 3.05) is 19.0 Å². The van der Waals surface area contributed by atoms with Crippen molar-refractivity contribution in [1.29, 1.82) is 0 Å². The minimum absolute atomic E-state index is 0.0468. The SMILES string of the molecule is CN(C)c1ccc(C(=O)NCc2nnc(C3CC3)n2C2CC2)c(F)c1. The van der Waals surface area contributed by atoms with Crippen molar-refractivity contribution in [3.05, 3.63) is 41.2 Å². The van der Waals surface area contributed by atoms with Crippen LogP contribution in [0.1, 0.15) is 59.6 Å². The van der Waals surface area contributed by atoms with E-state index in [1.54, 1.807) is 11.0 Å². The molecule has 1 heterocycles. The zero-order valence-corrected chi connectivity index (χ0v) is 14.5. The maximum atomic E-state index is 14.2. The van der Waals surface area contributed by atoms with E-state index in [2.05, 4.69) is 20.1 Å². The van der Waals surface area contributed by atoms with Crippen LogP contribution in [0.5, 0.6) is 0 Å². The fraction of sp³-hybridized carbons (Fsp3) is 0.500. The molecular weight excluding hydrogens is 321 g/mol. The molecule has 2 aliphatic rings. The highest BCUT2D eigenvalue weighted by molar-refractivity contribution is 5.94. The third kappa shape index (κ3) is 3.23. The van der Waals surface area contributed by atoms with E-state index in [4.69, 9.17) is 0 Å². The lowest BCUT2D eigenvalue weighted by molar-refractivity contribution is 0.0945. The van der Waals surface area contributed by atoms with E-state index in [1.807, 2.05) is 14.1 Å². The van der Waals surface area contributed by atoms with Crippen LogP contribution in [0.2, 0.25) is 0 Å². The number of amides is 1. The number of carbonyl (C=O) groups excluding carboxylic acids is 1. The number of halogens is 1. The maximum absolute atomic E-state index is 14.2. The smallest absolute Gasteiger partial charge is 0.254 e. The standard InChI is InChI=1S/C18H22FN5O/c1-23(2)13-7-8-14(15(19)9-13)18(25)20-10-16-21-22-17(11-3-4-11)24(16)12-5-6-12/h7-9,11-12H,3-6,10H2,1-2H3,(H,20,25). The summed E-state index contributed by atoms with van der Waals surface area (Å²) in [6.45, 7) is 0.268. The van der Waals surface area contributed by atoms with Gasteiger partial charge in [0.15, 0.2) is 5.82 Å². The Morgan fingerprint density at radius 3 is 2.64 bits per heavy atom. The van der Waals surface area contributed by atoms with Gasteiger partial charge in [-0.25, -0.2) is 4.39 Å². The third-order valence-electron chi connectivity index (χ3n) is 4.77. The number of aromatic nitrogens is 3. The van der Waals surface area contributed by atoms with Crippen molar-refractivity contribution in [3.63, 3.8) is 0 Å². The summed E-state index contributed by atoms with van der Waals surface area (Å²) in [5.41, 5.74) is 0.766. The van der Waals surface area contributed by atoms with Gasteiger partial charge in [-0.15, -0.1) is 10.2 Å². The van der Waals surface area contributed by atoms with E-state index in [9.17, 15) is 9.18 Å². The van der Waals surface area contributed by atoms with Gasteiger partial charge in [-0.05, 0) is 43.9 Å². The first kappa shape index (κ1) is 16.1. The number of nitrogens with one attached hydrogen (secondary N) is 1. The number of hydrogen-bond donors (Lipinski definition) is 1. The number of benzene rings is 1. The van der Waals surface area contributed by atoms with Crippen LogP contribution in [-0.4, -0.2) is 34.8 Å². The number of hydrogen-bond acceptors (Lipinski definition) is 4. The van der Waals surface area contributed by atoms with Gasteiger partial charge in [-0.2, -0.15) is 0 Å². The van der Waals surface area contributed by atoms with Gasteiger partial charge < -0.3 is 14.8 Å². The van der Waals surface area contributed by atoms with Crippen molar-refractivity contribution in [2.45, 2.75) is 44.2 Å². The van der Waals surface area contributed by atoms with Gasteiger partial charge in [-0.1, -0.05) is 0 Å². The Bertz CT molecular complexity index is 808. The van der Waals surface area contributed by atoms with Gasteiger partial charge in [0.25, 0.3) is 5.91 Å². The quantitative estimate of drug-likeness (QED) is 0.876. The number of nitrogens with zero attached hydrogens (tertiary/aromatic N) is 4. The third-order valence-corrected chi connectivity index (χ3v) is 4.77. The number of rotatable bonds is 6. The topological polar surface area (TPSA) is 63.1 Å². The number of carbonyl (C=O) groups is 1. The lowest BCUT2D eigenvalue weighted by atomic mass is 10.1. The lowest BCUT2D eigenvalue weighted by Crippen LogP contribution is -2.26. The van der Waals surface area contributed by atoms with Crippen molar-refractivity contribution >= 4 is 11.6 Å². The van der Waals surface area contributed by atoms with Crippen molar-refractivity contribution in [3.8, 4) is 0 Å². The van der Waals surface area contributed by atoms with Crippen molar-refractivity contribution < 1.29 is 9.18 Å². The first-order chi connectivity index (χ1) is 12.0. The second kappa shape index (κ2) is 6.13. The molecule has 1 aromatic carbocycles. The summed E-state index contributed by atoms with van der Waals surface area (Å²) < 4.78 is 16.4. The number of anilines is 1. The van der Waals surface area contributed by atoms with Crippen molar-refractivity contribution in [2.24, 2.45) is 0 Å². The highest BCUT2D eigenvalue weighted by Crippen LogP contribution is 2.44. The summed E-state index contributed by atoms with van der Waals surface area (Å²) in [4.78, 5) is 14.1. The summed E-state index contributed by atoms with van der Waals surface area (Å²) in [7, 11) is 3.66. The normalized spacial score (nSPS) is 16.8. The fourth-order valence-electron chi connectivity index (χ4n) is 3.03. The van der Waals surface area contributed by atoms with Crippen LogP contribution in [0.15, 0.2) is 18.2 Å². The van der Waals surface area contributed by atoms with Crippen LogP contribution in [0.4, 0.5) is 10.1 Å². The van der Waals surface area contributed by atoms with Gasteiger partial charge in [-0.3, -0.25) is 4.79 Å². The predicted molar refractivity (Wildman–Crippen MR) is 92.2 cm³/mol. The average molecular weight is 343 g/mol. The average Bonchev–Trinajstić information content (AvgIpc) is 3.51. The van der Waals surface area contributed by atoms with Crippen LogP contribution in [0, 0.1) is 5.82 Å². The fourth-order valence-corrected chi connectivity index (χ4v) is 3.03. The van der Waals surface area contributed by atoms with Crippen LogP contribution in [0.25, 0.3) is 0 Å². The highest BCUT2D eigenvalue weighted by atomic mass is 19.1. The second-order valence-corrected chi connectivity index (χ2v) is 7.09. The second-order valence-electron chi connectivity index (χ2n) is 7.09. The molecule has 2 aromatic rings. The van der Waals surface area contributed by atoms with Crippen LogP contribution < -0.4 is 10.2 Å². The van der Waals surface area contributed by atoms with E-state index < -0.39 is 11.7 Å². The zero-order chi connectivity index (χ0) is 17.6. The molecular formula is C18H22FN5O. The molecule has 1 N–H and O–H groups in total. The van der Waals surface area contributed by atoms with Gasteiger partial charge >= 0.3 is 0 Å². The first-order valence-electron chi connectivity index (χ1n) is 8.73. The monoisotopic (exact) mass is 343 g/mol. The minimum Gasteiger partial charge on any atom is -0.378 e. The molecule has 1 aromatic heterocycles. The first-order valence-corrected chi connectivity index (χ1v) is 8.73. The Hall–Kier alpha value is -2.44. The summed E-state index contributed by atoms with van der Waals surface area (Å²) in [6, 6.07) is 5.08. The van der Waals surface area contributed by atoms with E-state index in [1.165, 1.54) is 25.0 Å². The summed E-state index contributed by atoms with van der Waals surface area (Å²) in [5, 5.41) is 11.4. The van der Waals surface area contributed by atoms with Gasteiger partial charge in [0.1, 0.15) is 11.6 Å². The molecule has 0 saturated heterocycles. The molecule has 1 amide bonds. The molecule has 0 atom stereocenters. The van der Waals surface area contributed by atoms with Crippen LogP contribution in [-0.2, 0) is 6.54 Å². The molecule has 7 heteroatoms. The molecule has 2 fully saturated rings. The Labute approximate surface area is 146 Å². The molecule has 0 unspecified atom stereocenters. The summed E-state index contributed by atoms with van der Waals surface area (Å²) in [5.74, 6) is 1.39. The Balaban J connectivity index is 1.47. The molecule has 132 valence electrons. The summed E-state index contributed by atoms with van der Waals surface area (Å²) in [6.07, 6.45) is 4.61. The minimum atomic E-state index is -0.522. The largest absolute Gasteiger partial charge is 0.378 e. The molecule has 6 nitrogen and oxygen atoms in total. The lowest BCUT2D eigenvalue weighted by Gasteiger charge is -2.14. The Morgan fingerprint density at radius 1 is 1.28 bits per heavy atom. The molecule has 0 bridgehead atoms. The van der Waals surface area contributed by atoms with Gasteiger partial charge in [0.05, 0.1) is 12.1 Å². The van der Waals surface area contributed by atoms with E-state index >= 15 is 0 Å². The van der Waals surface area contributed by atoms with E-state index in [-0.39, 0.29) is 12.1 Å². The van der Waals surface area contributed by atoms with Gasteiger partial charge in [0.2, 0.25) is 0 Å². The van der Waals surface area contributed by atoms with Crippen molar-refractivity contribution in [1.82, 2.24) is 20.1 Å². The molecule has 2 aliphatic carbocycles. The van der Waals surface area contributed by atoms with E-state index in [0.29, 0.717) is 12.0 Å². The zero-order valence-electron chi connectivity index (χ0n) is 14.5. The Morgan fingerprint density at radius 2 is 2.04 bits per heavy atom. The molecule has 0 aliphatic heterocycles. The molecule has 0 radical (unpaired) electrons. The Kier molecular flexibility index (Phi) is 3.94. The molecule has 4 rings (SSSR count). The highest BCUT2D eigenvalue weighted by Gasteiger charge is 2.36.